The molecule has 0 bridgehead atoms. The molecular formula is C13H12N4S. The number of nitrogens with zero attached hydrogens (tertiary/aromatic N) is 2. The molecule has 0 radical (unpaired) electrons. The van der Waals surface area contributed by atoms with Gasteiger partial charge < -0.3 is 10.3 Å². The lowest BCUT2D eigenvalue weighted by atomic mass is 10.2. The molecule has 0 saturated carbocycles. The third-order valence-corrected chi connectivity index (χ3v) is 3.45. The molecule has 0 fully saturated rings. The van der Waals surface area contributed by atoms with Gasteiger partial charge in [-0.05, 0) is 0 Å². The largest absolute Gasteiger partial charge is 0.350 e. The molecule has 1 aromatic carbocycles. The van der Waals surface area contributed by atoms with Crippen LogP contribution in [0.15, 0.2) is 48.1 Å². The summed E-state index contributed by atoms with van der Waals surface area (Å²) in [7, 11) is 0. The minimum atomic E-state index is 0.677. The molecular weight excluding hydrogens is 244 g/mol. The molecule has 0 atom stereocenters. The summed E-state index contributed by atoms with van der Waals surface area (Å²) in [5, 5.41) is 6.30. The average Bonchev–Trinajstić information content (AvgIpc) is 3.09. The Morgan fingerprint density at radius 1 is 1.22 bits per heavy atom. The van der Waals surface area contributed by atoms with Crippen LogP contribution in [0, 0.1) is 0 Å². The minimum Gasteiger partial charge on any atom is -0.350 e. The predicted molar refractivity (Wildman–Crippen MR) is 73.5 cm³/mol. The summed E-state index contributed by atoms with van der Waals surface area (Å²) >= 11 is 1.66. The first kappa shape index (κ1) is 11.0. The highest BCUT2D eigenvalue weighted by Crippen LogP contribution is 2.23. The fraction of sp³-hybridized carbons (Fsp3) is 0.0769. The number of hydrogen-bond acceptors (Lipinski definition) is 4. The van der Waals surface area contributed by atoms with Crippen LogP contribution in [0.2, 0.25) is 0 Å². The lowest BCUT2D eigenvalue weighted by Crippen LogP contribution is -2.00. The van der Waals surface area contributed by atoms with Crippen LogP contribution >= 0.6 is 11.3 Å². The molecule has 2 aromatic heterocycles. The maximum atomic E-state index is 4.59. The van der Waals surface area contributed by atoms with Gasteiger partial charge in [0.2, 0.25) is 0 Å². The van der Waals surface area contributed by atoms with Crippen LogP contribution in [-0.4, -0.2) is 15.0 Å². The summed E-state index contributed by atoms with van der Waals surface area (Å²) in [4.78, 5) is 11.7. The molecule has 0 aliphatic carbocycles. The van der Waals surface area contributed by atoms with Crippen LogP contribution < -0.4 is 5.32 Å². The minimum absolute atomic E-state index is 0.677. The highest BCUT2D eigenvalue weighted by molar-refractivity contribution is 7.13. The van der Waals surface area contributed by atoms with Gasteiger partial charge in [-0.15, -0.1) is 11.3 Å². The van der Waals surface area contributed by atoms with E-state index in [4.69, 9.17) is 0 Å². The topological polar surface area (TPSA) is 53.6 Å². The van der Waals surface area contributed by atoms with E-state index in [1.165, 1.54) is 0 Å². The van der Waals surface area contributed by atoms with Crippen molar-refractivity contribution in [2.24, 2.45) is 0 Å². The molecule has 2 heterocycles. The predicted octanol–water partition coefficient (Wildman–Crippen LogP) is 3.15. The molecule has 0 saturated heterocycles. The van der Waals surface area contributed by atoms with Gasteiger partial charge in [-0.25, -0.2) is 9.97 Å². The summed E-state index contributed by atoms with van der Waals surface area (Å²) in [6.07, 6.45) is 3.51. The van der Waals surface area contributed by atoms with Gasteiger partial charge in [-0.2, -0.15) is 0 Å². The van der Waals surface area contributed by atoms with Crippen molar-refractivity contribution in [3.05, 3.63) is 53.8 Å². The molecule has 18 heavy (non-hydrogen) atoms. The lowest BCUT2D eigenvalue weighted by molar-refractivity contribution is 1.04. The first-order chi connectivity index (χ1) is 8.92. The Morgan fingerprint density at radius 3 is 2.89 bits per heavy atom. The smallest absolute Gasteiger partial charge is 0.200 e. The number of H-pyrrole nitrogens is 1. The average molecular weight is 256 g/mol. The molecule has 3 aromatic rings. The van der Waals surface area contributed by atoms with Crippen molar-refractivity contribution in [1.82, 2.24) is 15.0 Å². The van der Waals surface area contributed by atoms with E-state index in [2.05, 4.69) is 37.8 Å². The van der Waals surface area contributed by atoms with E-state index in [-0.39, 0.29) is 0 Å². The maximum absolute atomic E-state index is 4.59. The third-order valence-electron chi connectivity index (χ3n) is 2.51. The van der Waals surface area contributed by atoms with Crippen molar-refractivity contribution in [3.8, 4) is 10.6 Å². The zero-order valence-corrected chi connectivity index (χ0v) is 10.4. The Balaban J connectivity index is 1.70. The van der Waals surface area contributed by atoms with E-state index in [0.717, 1.165) is 22.2 Å². The SMILES string of the molecule is c1ccc(-c2nc(CNc3ncc[nH]3)cs2)cc1. The van der Waals surface area contributed by atoms with Crippen LogP contribution in [0.4, 0.5) is 5.95 Å². The Labute approximate surface area is 109 Å². The second kappa shape index (κ2) is 5.01. The van der Waals surface area contributed by atoms with Gasteiger partial charge >= 0.3 is 0 Å². The Hall–Kier alpha value is -2.14. The molecule has 5 heteroatoms. The van der Waals surface area contributed by atoms with E-state index in [0.29, 0.717) is 6.54 Å². The number of imidazole rings is 1. The maximum Gasteiger partial charge on any atom is 0.200 e. The molecule has 0 amide bonds. The van der Waals surface area contributed by atoms with E-state index < -0.39 is 0 Å². The van der Waals surface area contributed by atoms with E-state index in [1.807, 2.05) is 18.2 Å². The van der Waals surface area contributed by atoms with Crippen molar-refractivity contribution in [3.63, 3.8) is 0 Å². The Kier molecular flexibility index (Phi) is 3.06. The number of rotatable bonds is 4. The number of benzene rings is 1. The van der Waals surface area contributed by atoms with Crippen LogP contribution in [0.25, 0.3) is 10.6 Å². The molecule has 3 rings (SSSR count). The molecule has 0 spiro atoms. The monoisotopic (exact) mass is 256 g/mol. The summed E-state index contributed by atoms with van der Waals surface area (Å²) < 4.78 is 0. The first-order valence-corrected chi connectivity index (χ1v) is 6.53. The van der Waals surface area contributed by atoms with E-state index >= 15 is 0 Å². The van der Waals surface area contributed by atoms with Crippen molar-refractivity contribution >= 4 is 17.3 Å². The van der Waals surface area contributed by atoms with Crippen molar-refractivity contribution in [1.29, 1.82) is 0 Å². The van der Waals surface area contributed by atoms with Gasteiger partial charge in [0.05, 0.1) is 12.2 Å². The molecule has 0 aliphatic heterocycles. The second-order valence-electron chi connectivity index (χ2n) is 3.80. The van der Waals surface area contributed by atoms with E-state index in [1.54, 1.807) is 23.7 Å². The van der Waals surface area contributed by atoms with Crippen LogP contribution in [0.3, 0.4) is 0 Å². The zero-order valence-electron chi connectivity index (χ0n) is 9.63. The van der Waals surface area contributed by atoms with Crippen molar-refractivity contribution < 1.29 is 0 Å². The Bertz CT molecular complexity index is 601. The number of aromatic nitrogens is 3. The number of thiazole rings is 1. The number of aromatic amines is 1. The fourth-order valence-electron chi connectivity index (χ4n) is 1.64. The van der Waals surface area contributed by atoms with Gasteiger partial charge in [0.1, 0.15) is 5.01 Å². The van der Waals surface area contributed by atoms with E-state index in [9.17, 15) is 0 Å². The summed E-state index contributed by atoms with van der Waals surface area (Å²) in [6, 6.07) is 10.2. The molecule has 90 valence electrons. The fourth-order valence-corrected chi connectivity index (χ4v) is 2.46. The quantitative estimate of drug-likeness (QED) is 0.754. The lowest BCUT2D eigenvalue weighted by Gasteiger charge is -1.98. The van der Waals surface area contributed by atoms with Gasteiger partial charge in [0.25, 0.3) is 0 Å². The summed E-state index contributed by atoms with van der Waals surface area (Å²) in [5.74, 6) is 0.768. The van der Waals surface area contributed by atoms with Crippen molar-refractivity contribution in [2.45, 2.75) is 6.54 Å². The summed E-state index contributed by atoms with van der Waals surface area (Å²) in [6.45, 7) is 0.677. The van der Waals surface area contributed by atoms with Gasteiger partial charge in [-0.1, -0.05) is 30.3 Å². The summed E-state index contributed by atoms with van der Waals surface area (Å²) in [5.41, 5.74) is 2.18. The highest BCUT2D eigenvalue weighted by atomic mass is 32.1. The molecule has 2 N–H and O–H groups in total. The van der Waals surface area contributed by atoms with Crippen LogP contribution in [-0.2, 0) is 6.54 Å². The highest BCUT2D eigenvalue weighted by Gasteiger charge is 2.04. The number of hydrogen-bond donors (Lipinski definition) is 2. The molecule has 0 unspecified atom stereocenters. The molecule has 4 nitrogen and oxygen atoms in total. The second-order valence-corrected chi connectivity index (χ2v) is 4.66. The standard InChI is InChI=1S/C13H12N4S/c1-2-4-10(5-3-1)12-17-11(9-18-12)8-16-13-14-6-7-15-13/h1-7,9H,8H2,(H2,14,15,16). The number of anilines is 1. The van der Waals surface area contributed by atoms with Gasteiger partial charge in [0.15, 0.2) is 5.95 Å². The van der Waals surface area contributed by atoms with Crippen LogP contribution in [0.5, 0.6) is 0 Å². The van der Waals surface area contributed by atoms with Crippen LogP contribution in [0.1, 0.15) is 5.69 Å². The molecule has 0 aliphatic rings. The Morgan fingerprint density at radius 2 is 2.11 bits per heavy atom. The zero-order chi connectivity index (χ0) is 12.2. The normalized spacial score (nSPS) is 10.4. The van der Waals surface area contributed by atoms with Crippen molar-refractivity contribution in [2.75, 3.05) is 5.32 Å². The van der Waals surface area contributed by atoms with Gasteiger partial charge in [0, 0.05) is 23.3 Å². The number of nitrogens with one attached hydrogen (secondary N) is 2. The first-order valence-electron chi connectivity index (χ1n) is 5.65. The van der Waals surface area contributed by atoms with Gasteiger partial charge in [-0.3, -0.25) is 0 Å². The third kappa shape index (κ3) is 2.41.